The fourth-order valence-electron chi connectivity index (χ4n) is 1.21. The Balaban J connectivity index is 1.69. The summed E-state index contributed by atoms with van der Waals surface area (Å²) in [5.74, 6) is 1.18. The quantitative estimate of drug-likeness (QED) is 0.827. The molecule has 78 valence electrons. The Morgan fingerprint density at radius 3 is 3.20 bits per heavy atom. The lowest BCUT2D eigenvalue weighted by molar-refractivity contribution is 0.420. The summed E-state index contributed by atoms with van der Waals surface area (Å²) >= 11 is 1.25. The molecule has 1 aliphatic rings. The summed E-state index contributed by atoms with van der Waals surface area (Å²) in [5.41, 5.74) is 0. The average Bonchev–Trinajstić information content (AvgIpc) is 2.78. The summed E-state index contributed by atoms with van der Waals surface area (Å²) in [7, 11) is 0. The van der Waals surface area contributed by atoms with Gasteiger partial charge in [-0.15, -0.1) is 5.10 Å². The Hall–Kier alpha value is -1.34. The smallest absolute Gasteiger partial charge is 0.271 e. The maximum absolute atomic E-state index is 5.09. The maximum atomic E-state index is 5.09. The molecule has 7 heteroatoms. The molecule has 0 spiro atoms. The predicted octanol–water partition coefficient (Wildman–Crippen LogP) is 0.840. The van der Waals surface area contributed by atoms with Crippen LogP contribution in [-0.4, -0.2) is 25.8 Å². The highest BCUT2D eigenvalue weighted by Crippen LogP contribution is 2.21. The van der Waals surface area contributed by atoms with Crippen LogP contribution < -0.4 is 5.32 Å². The van der Waals surface area contributed by atoms with E-state index < -0.39 is 0 Å². The van der Waals surface area contributed by atoms with E-state index >= 15 is 0 Å². The van der Waals surface area contributed by atoms with Crippen molar-refractivity contribution in [2.75, 3.05) is 0 Å². The molecular weight excluding hydrogens is 214 g/mol. The largest absolute Gasteiger partial charge is 0.333 e. The normalized spacial score (nSPS) is 15.7. The molecule has 0 bridgehead atoms. The van der Waals surface area contributed by atoms with Gasteiger partial charge in [0.15, 0.2) is 5.82 Å². The molecule has 1 saturated carbocycles. The van der Waals surface area contributed by atoms with Crippen LogP contribution in [0.15, 0.2) is 10.7 Å². The molecule has 0 aromatic carbocycles. The van der Waals surface area contributed by atoms with E-state index in [0.29, 0.717) is 24.3 Å². The predicted molar refractivity (Wildman–Crippen MR) is 53.1 cm³/mol. The molecule has 0 saturated heterocycles. The number of rotatable bonds is 4. The molecule has 0 radical (unpaired) electrons. The summed E-state index contributed by atoms with van der Waals surface area (Å²) in [5, 5.41) is 10.9. The minimum absolute atomic E-state index is 0.498. The van der Waals surface area contributed by atoms with Gasteiger partial charge < -0.3 is 9.84 Å². The average molecular weight is 223 g/mol. The van der Waals surface area contributed by atoms with Crippen molar-refractivity contribution in [1.82, 2.24) is 25.0 Å². The first-order chi connectivity index (χ1) is 7.42. The van der Waals surface area contributed by atoms with Crippen molar-refractivity contribution < 1.29 is 4.52 Å². The van der Waals surface area contributed by atoms with E-state index in [4.69, 9.17) is 4.52 Å². The summed E-state index contributed by atoms with van der Waals surface area (Å²) in [6.45, 7) is 0.667. The van der Waals surface area contributed by atoms with Crippen LogP contribution in [0.1, 0.15) is 18.7 Å². The van der Waals surface area contributed by atoms with Crippen LogP contribution in [0.4, 0.5) is 0 Å². The van der Waals surface area contributed by atoms with E-state index in [1.165, 1.54) is 24.4 Å². The second-order valence-corrected chi connectivity index (χ2v) is 4.24. The van der Waals surface area contributed by atoms with Gasteiger partial charge in [0, 0.05) is 6.04 Å². The summed E-state index contributed by atoms with van der Waals surface area (Å²) in [4.78, 5) is 5.05. The van der Waals surface area contributed by atoms with E-state index in [1.807, 2.05) is 0 Å². The Morgan fingerprint density at radius 1 is 1.53 bits per heavy atom. The van der Waals surface area contributed by atoms with Crippen molar-refractivity contribution in [3.8, 4) is 10.8 Å². The number of aromatic nitrogens is 4. The molecule has 6 nitrogen and oxygen atoms in total. The molecule has 1 N–H and O–H groups in total. The van der Waals surface area contributed by atoms with Crippen molar-refractivity contribution in [3.05, 3.63) is 12.0 Å². The molecule has 3 rings (SSSR count). The molecule has 0 unspecified atom stereocenters. The van der Waals surface area contributed by atoms with E-state index in [1.54, 1.807) is 6.20 Å². The number of nitrogens with one attached hydrogen (secondary N) is 1. The third-order valence-electron chi connectivity index (χ3n) is 2.17. The van der Waals surface area contributed by atoms with Gasteiger partial charge in [-0.1, -0.05) is 9.64 Å². The SMILES string of the molecule is c1nnsc1-c1nc(CNC2CC2)no1. The summed E-state index contributed by atoms with van der Waals surface area (Å²) in [6, 6.07) is 0.650. The van der Waals surface area contributed by atoms with Gasteiger partial charge in [0.1, 0.15) is 4.88 Å². The zero-order valence-electron chi connectivity index (χ0n) is 7.88. The summed E-state index contributed by atoms with van der Waals surface area (Å²) in [6.07, 6.45) is 4.13. The van der Waals surface area contributed by atoms with Crippen LogP contribution in [0.25, 0.3) is 10.8 Å². The second kappa shape index (κ2) is 3.67. The molecule has 2 heterocycles. The Morgan fingerprint density at radius 2 is 2.47 bits per heavy atom. The highest BCUT2D eigenvalue weighted by atomic mass is 32.1. The van der Waals surface area contributed by atoms with Crippen LogP contribution in [0.5, 0.6) is 0 Å². The van der Waals surface area contributed by atoms with Gasteiger partial charge >= 0.3 is 0 Å². The lowest BCUT2D eigenvalue weighted by Gasteiger charge is -1.94. The monoisotopic (exact) mass is 223 g/mol. The molecule has 0 atom stereocenters. The van der Waals surface area contributed by atoms with Gasteiger partial charge in [-0.3, -0.25) is 0 Å². The van der Waals surface area contributed by atoms with Gasteiger partial charge in [-0.2, -0.15) is 4.98 Å². The number of nitrogens with zero attached hydrogens (tertiary/aromatic N) is 4. The molecule has 15 heavy (non-hydrogen) atoms. The zero-order valence-corrected chi connectivity index (χ0v) is 8.70. The fourth-order valence-corrected chi connectivity index (χ4v) is 1.65. The van der Waals surface area contributed by atoms with Gasteiger partial charge in [-0.25, -0.2) is 0 Å². The lowest BCUT2D eigenvalue weighted by Crippen LogP contribution is -2.16. The van der Waals surface area contributed by atoms with Gasteiger partial charge in [0.2, 0.25) is 0 Å². The lowest BCUT2D eigenvalue weighted by atomic mass is 10.5. The first-order valence-electron chi connectivity index (χ1n) is 4.75. The molecule has 0 aliphatic heterocycles. The van der Waals surface area contributed by atoms with Crippen LogP contribution in [0, 0.1) is 0 Å². The van der Waals surface area contributed by atoms with Crippen LogP contribution in [-0.2, 0) is 6.54 Å². The zero-order chi connectivity index (χ0) is 10.1. The fraction of sp³-hybridized carbons (Fsp3) is 0.500. The van der Waals surface area contributed by atoms with Gasteiger partial charge in [0.25, 0.3) is 5.89 Å². The Labute approximate surface area is 89.9 Å². The molecular formula is C8H9N5OS. The van der Waals surface area contributed by atoms with Gasteiger partial charge in [0.05, 0.1) is 12.7 Å². The first-order valence-corrected chi connectivity index (χ1v) is 5.53. The number of hydrogen-bond donors (Lipinski definition) is 1. The van der Waals surface area contributed by atoms with Crippen molar-refractivity contribution >= 4 is 11.5 Å². The topological polar surface area (TPSA) is 76.7 Å². The van der Waals surface area contributed by atoms with Crippen molar-refractivity contribution in [2.45, 2.75) is 25.4 Å². The Bertz CT molecular complexity index is 436. The minimum Gasteiger partial charge on any atom is -0.333 e. The van der Waals surface area contributed by atoms with Crippen LogP contribution >= 0.6 is 11.5 Å². The second-order valence-electron chi connectivity index (χ2n) is 3.45. The van der Waals surface area contributed by atoms with E-state index in [2.05, 4.69) is 25.0 Å². The Kier molecular flexibility index (Phi) is 2.18. The van der Waals surface area contributed by atoms with Crippen molar-refractivity contribution in [3.63, 3.8) is 0 Å². The standard InChI is InChI=1S/C8H9N5OS/c1-2-5(1)9-4-7-11-8(14-12-7)6-3-10-13-15-6/h3,5,9H,1-2,4H2. The third kappa shape index (κ3) is 2.02. The molecule has 1 aliphatic carbocycles. The number of hydrogen-bond acceptors (Lipinski definition) is 7. The first kappa shape index (κ1) is 8.93. The minimum atomic E-state index is 0.498. The molecule has 2 aromatic rings. The maximum Gasteiger partial charge on any atom is 0.271 e. The highest BCUT2D eigenvalue weighted by Gasteiger charge is 2.21. The summed E-state index contributed by atoms with van der Waals surface area (Å²) < 4.78 is 8.83. The highest BCUT2D eigenvalue weighted by molar-refractivity contribution is 7.09. The van der Waals surface area contributed by atoms with Crippen molar-refractivity contribution in [1.29, 1.82) is 0 Å². The van der Waals surface area contributed by atoms with E-state index in [-0.39, 0.29) is 0 Å². The molecule has 2 aromatic heterocycles. The molecule has 1 fully saturated rings. The van der Waals surface area contributed by atoms with Crippen molar-refractivity contribution in [2.24, 2.45) is 0 Å². The van der Waals surface area contributed by atoms with Gasteiger partial charge in [-0.05, 0) is 24.4 Å². The van der Waals surface area contributed by atoms with E-state index in [0.717, 1.165) is 4.88 Å². The van der Waals surface area contributed by atoms with E-state index in [9.17, 15) is 0 Å². The third-order valence-corrected chi connectivity index (χ3v) is 2.82. The van der Waals surface area contributed by atoms with Crippen LogP contribution in [0.2, 0.25) is 0 Å². The van der Waals surface area contributed by atoms with Crippen LogP contribution in [0.3, 0.4) is 0 Å². The molecule has 0 amide bonds.